The third-order valence-corrected chi connectivity index (χ3v) is 9.96. The van der Waals surface area contributed by atoms with Crippen LogP contribution in [-0.4, -0.2) is 4.98 Å². The van der Waals surface area contributed by atoms with E-state index in [9.17, 15) is 0 Å². The molecule has 0 aliphatic carbocycles. The molecule has 0 radical (unpaired) electrons. The Morgan fingerprint density at radius 2 is 0.717 bits per heavy atom. The van der Waals surface area contributed by atoms with Gasteiger partial charge in [-0.05, 0) is 104 Å². The largest absolute Gasteiger partial charge is 0.311 e. The Morgan fingerprint density at radius 3 is 1.28 bits per heavy atom. The van der Waals surface area contributed by atoms with Crippen molar-refractivity contribution >= 4 is 27.8 Å². The normalized spacial score (nSPS) is 11.0. The van der Waals surface area contributed by atoms with Crippen LogP contribution >= 0.6 is 0 Å². The van der Waals surface area contributed by atoms with E-state index in [1.807, 2.05) is 18.3 Å². The monoisotopic (exact) mass is 676 g/mol. The fraction of sp³-hybridized carbons (Fsp3) is 0. The second-order valence-electron chi connectivity index (χ2n) is 13.1. The fourth-order valence-electron chi connectivity index (χ4n) is 7.48. The molecule has 0 atom stereocenters. The van der Waals surface area contributed by atoms with Crippen molar-refractivity contribution in [2.75, 3.05) is 4.90 Å². The van der Waals surface area contributed by atoms with Crippen LogP contribution < -0.4 is 4.90 Å². The Bertz CT molecular complexity index is 2630. The topological polar surface area (TPSA) is 16.1 Å². The average molecular weight is 677 g/mol. The summed E-state index contributed by atoms with van der Waals surface area (Å²) in [6.45, 7) is 0. The maximum atomic E-state index is 4.69. The third-order valence-electron chi connectivity index (χ3n) is 9.96. The smallest absolute Gasteiger partial charge is 0.0708 e. The number of pyridine rings is 1. The zero-order valence-electron chi connectivity index (χ0n) is 29.2. The highest BCUT2D eigenvalue weighted by molar-refractivity contribution is 6.06. The third kappa shape index (κ3) is 6.28. The van der Waals surface area contributed by atoms with Gasteiger partial charge in [0.25, 0.3) is 0 Å². The molecule has 0 aliphatic heterocycles. The standard InChI is InChI=1S/C51H36N2/c1-3-15-37(16-4-1)44-21-7-9-23-47(44)48-24-10-8-22-45(48)38-28-32-42(33-29-38)53(41-19-5-2-6-20-41)43-34-30-39(31-35-43)46-25-13-17-40-18-14-26-49(51(40)46)50-27-11-12-36-52-50/h1-36H. The quantitative estimate of drug-likeness (QED) is 0.159. The van der Waals surface area contributed by atoms with Crippen LogP contribution in [0.4, 0.5) is 17.1 Å². The predicted molar refractivity (Wildman–Crippen MR) is 224 cm³/mol. The van der Waals surface area contributed by atoms with Crippen molar-refractivity contribution in [2.45, 2.75) is 0 Å². The summed E-state index contributed by atoms with van der Waals surface area (Å²) in [4.78, 5) is 7.02. The minimum Gasteiger partial charge on any atom is -0.311 e. The zero-order chi connectivity index (χ0) is 35.4. The SMILES string of the molecule is c1ccc(-c2ccccc2-c2ccccc2-c2ccc(N(c3ccccc3)c3ccc(-c4cccc5cccc(-c6ccccn6)c45)cc3)cc2)cc1. The second-order valence-corrected chi connectivity index (χ2v) is 13.1. The molecule has 53 heavy (non-hydrogen) atoms. The maximum Gasteiger partial charge on any atom is 0.0708 e. The molecule has 0 unspecified atom stereocenters. The number of rotatable bonds is 8. The lowest BCUT2D eigenvalue weighted by Crippen LogP contribution is -2.09. The van der Waals surface area contributed by atoms with E-state index in [2.05, 4.69) is 205 Å². The van der Waals surface area contributed by atoms with E-state index < -0.39 is 0 Å². The highest BCUT2D eigenvalue weighted by atomic mass is 15.1. The second kappa shape index (κ2) is 14.3. The average Bonchev–Trinajstić information content (AvgIpc) is 3.25. The lowest BCUT2D eigenvalue weighted by molar-refractivity contribution is 1.28. The van der Waals surface area contributed by atoms with Gasteiger partial charge in [0, 0.05) is 28.8 Å². The van der Waals surface area contributed by atoms with Gasteiger partial charge in [0.2, 0.25) is 0 Å². The van der Waals surface area contributed by atoms with Crippen molar-refractivity contribution in [1.82, 2.24) is 4.98 Å². The molecule has 0 N–H and O–H groups in total. The number of hydrogen-bond acceptors (Lipinski definition) is 2. The summed E-state index contributed by atoms with van der Waals surface area (Å²) < 4.78 is 0. The van der Waals surface area contributed by atoms with E-state index in [0.29, 0.717) is 0 Å². The molecule has 0 bridgehead atoms. The Hall–Kier alpha value is -7.03. The van der Waals surface area contributed by atoms with Crippen molar-refractivity contribution in [2.24, 2.45) is 0 Å². The molecule has 0 saturated carbocycles. The van der Waals surface area contributed by atoms with Gasteiger partial charge in [-0.1, -0.05) is 164 Å². The van der Waals surface area contributed by atoms with E-state index >= 15 is 0 Å². The van der Waals surface area contributed by atoms with Gasteiger partial charge in [-0.15, -0.1) is 0 Å². The first-order valence-electron chi connectivity index (χ1n) is 18.0. The lowest BCUT2D eigenvalue weighted by atomic mass is 9.89. The molecule has 9 rings (SSSR count). The Labute approximate surface area is 310 Å². The van der Waals surface area contributed by atoms with Crippen molar-refractivity contribution in [3.63, 3.8) is 0 Å². The summed E-state index contributed by atoms with van der Waals surface area (Å²) in [5.41, 5.74) is 15.0. The molecule has 1 aromatic heterocycles. The molecule has 250 valence electrons. The Balaban J connectivity index is 1.09. The molecule has 0 fully saturated rings. The van der Waals surface area contributed by atoms with Crippen LogP contribution in [-0.2, 0) is 0 Å². The fourth-order valence-corrected chi connectivity index (χ4v) is 7.48. The predicted octanol–water partition coefficient (Wildman–Crippen LogP) is 14.0. The molecule has 0 saturated heterocycles. The van der Waals surface area contributed by atoms with Crippen LogP contribution in [0.25, 0.3) is 66.5 Å². The summed E-state index contributed by atoms with van der Waals surface area (Å²) in [7, 11) is 0. The van der Waals surface area contributed by atoms with E-state index in [0.717, 1.165) is 28.3 Å². The van der Waals surface area contributed by atoms with Crippen molar-refractivity contribution in [3.05, 3.63) is 219 Å². The van der Waals surface area contributed by atoms with Gasteiger partial charge in [-0.25, -0.2) is 0 Å². The first kappa shape index (κ1) is 31.9. The minimum atomic E-state index is 0.976. The van der Waals surface area contributed by atoms with Crippen molar-refractivity contribution in [3.8, 4) is 55.8 Å². The molecule has 1 heterocycles. The summed E-state index contributed by atoms with van der Waals surface area (Å²) in [6.07, 6.45) is 1.86. The molecule has 2 heteroatoms. The van der Waals surface area contributed by atoms with Crippen LogP contribution in [0.1, 0.15) is 0 Å². The lowest BCUT2D eigenvalue weighted by Gasteiger charge is -2.26. The summed E-state index contributed by atoms with van der Waals surface area (Å²) in [5, 5.41) is 2.41. The molecular formula is C51H36N2. The molecule has 2 nitrogen and oxygen atoms in total. The van der Waals surface area contributed by atoms with E-state index in [1.165, 1.54) is 55.3 Å². The van der Waals surface area contributed by atoms with Crippen LogP contribution in [0.2, 0.25) is 0 Å². The molecule has 0 aliphatic rings. The number of para-hydroxylation sites is 1. The van der Waals surface area contributed by atoms with Crippen LogP contribution in [0.5, 0.6) is 0 Å². The number of hydrogen-bond donors (Lipinski definition) is 0. The molecule has 0 spiro atoms. The summed E-state index contributed by atoms with van der Waals surface area (Å²) in [6, 6.07) is 75.7. The van der Waals surface area contributed by atoms with E-state index in [1.54, 1.807) is 0 Å². The summed E-state index contributed by atoms with van der Waals surface area (Å²) >= 11 is 0. The van der Waals surface area contributed by atoms with Gasteiger partial charge in [-0.2, -0.15) is 0 Å². The number of aromatic nitrogens is 1. The van der Waals surface area contributed by atoms with Crippen molar-refractivity contribution < 1.29 is 0 Å². The van der Waals surface area contributed by atoms with Crippen LogP contribution in [0.15, 0.2) is 219 Å². The first-order valence-corrected chi connectivity index (χ1v) is 18.0. The molecule has 0 amide bonds. The van der Waals surface area contributed by atoms with E-state index in [4.69, 9.17) is 4.98 Å². The number of anilines is 3. The van der Waals surface area contributed by atoms with Gasteiger partial charge in [0.15, 0.2) is 0 Å². The highest BCUT2D eigenvalue weighted by Gasteiger charge is 2.16. The first-order chi connectivity index (χ1) is 26.3. The zero-order valence-corrected chi connectivity index (χ0v) is 29.2. The van der Waals surface area contributed by atoms with Gasteiger partial charge in [0.1, 0.15) is 0 Å². The van der Waals surface area contributed by atoms with Gasteiger partial charge < -0.3 is 4.90 Å². The number of nitrogens with zero attached hydrogens (tertiary/aromatic N) is 2. The van der Waals surface area contributed by atoms with Crippen LogP contribution in [0.3, 0.4) is 0 Å². The number of benzene rings is 8. The van der Waals surface area contributed by atoms with Gasteiger partial charge in [0.05, 0.1) is 5.69 Å². The molecule has 8 aromatic carbocycles. The van der Waals surface area contributed by atoms with E-state index in [-0.39, 0.29) is 0 Å². The maximum absolute atomic E-state index is 4.69. The molecule has 9 aromatic rings. The van der Waals surface area contributed by atoms with Gasteiger partial charge >= 0.3 is 0 Å². The Morgan fingerprint density at radius 1 is 0.283 bits per heavy atom. The number of fused-ring (bicyclic) bond motifs is 1. The molecular weight excluding hydrogens is 641 g/mol. The Kier molecular flexibility index (Phi) is 8.61. The highest BCUT2D eigenvalue weighted by Crippen LogP contribution is 2.41. The van der Waals surface area contributed by atoms with Crippen molar-refractivity contribution in [1.29, 1.82) is 0 Å². The van der Waals surface area contributed by atoms with Crippen LogP contribution in [0, 0.1) is 0 Å². The minimum absolute atomic E-state index is 0.976. The van der Waals surface area contributed by atoms with Gasteiger partial charge in [-0.3, -0.25) is 4.98 Å². The summed E-state index contributed by atoms with van der Waals surface area (Å²) in [5.74, 6) is 0.